The Morgan fingerprint density at radius 1 is 1.38 bits per heavy atom. The molecule has 1 saturated carbocycles. The van der Waals surface area contributed by atoms with Crippen LogP contribution in [0, 0.1) is 6.92 Å². The number of aryl methyl sites for hydroxylation is 1. The molecule has 0 aliphatic heterocycles. The van der Waals surface area contributed by atoms with Gasteiger partial charge in [-0.1, -0.05) is 18.0 Å². The summed E-state index contributed by atoms with van der Waals surface area (Å²) in [5.74, 6) is 0.764. The van der Waals surface area contributed by atoms with Gasteiger partial charge in [0.1, 0.15) is 5.54 Å². The van der Waals surface area contributed by atoms with Crippen LogP contribution in [0.5, 0.6) is 0 Å². The summed E-state index contributed by atoms with van der Waals surface area (Å²) in [6, 6.07) is 1.76. The van der Waals surface area contributed by atoms with Crippen LogP contribution in [0.4, 0.5) is 0 Å². The molecule has 0 spiro atoms. The Morgan fingerprint density at radius 2 is 2.17 bits per heavy atom. The van der Waals surface area contributed by atoms with Crippen molar-refractivity contribution in [3.63, 3.8) is 0 Å². The highest BCUT2D eigenvalue weighted by molar-refractivity contribution is 7.08. The molecule has 2 N–H and O–H groups in total. The summed E-state index contributed by atoms with van der Waals surface area (Å²) in [7, 11) is 0. The molecule has 7 nitrogen and oxygen atoms in total. The van der Waals surface area contributed by atoms with Crippen LogP contribution in [0.2, 0.25) is 0 Å². The zero-order chi connectivity index (χ0) is 17.0. The van der Waals surface area contributed by atoms with E-state index in [-0.39, 0.29) is 18.2 Å². The number of nitrogens with zero attached hydrogens (tertiary/aromatic N) is 2. The first-order valence-electron chi connectivity index (χ1n) is 8.01. The minimum atomic E-state index is -0.536. The van der Waals surface area contributed by atoms with Crippen molar-refractivity contribution in [3.05, 3.63) is 34.1 Å². The maximum Gasteiger partial charge on any atom is 0.252 e. The zero-order valence-corrected chi connectivity index (χ0v) is 14.3. The lowest BCUT2D eigenvalue weighted by Crippen LogP contribution is -2.45. The third-order valence-electron chi connectivity index (χ3n) is 4.21. The van der Waals surface area contributed by atoms with E-state index < -0.39 is 5.54 Å². The quantitative estimate of drug-likeness (QED) is 0.834. The lowest BCUT2D eigenvalue weighted by atomic mass is 9.96. The maximum absolute atomic E-state index is 12.3. The van der Waals surface area contributed by atoms with Crippen LogP contribution in [0.1, 0.15) is 54.2 Å². The van der Waals surface area contributed by atoms with Crippen molar-refractivity contribution >= 4 is 23.2 Å². The van der Waals surface area contributed by atoms with Gasteiger partial charge in [0.15, 0.2) is 5.82 Å². The van der Waals surface area contributed by atoms with Crippen LogP contribution < -0.4 is 10.6 Å². The number of aromatic nitrogens is 2. The normalized spacial score (nSPS) is 16.0. The lowest BCUT2D eigenvalue weighted by Gasteiger charge is -2.26. The van der Waals surface area contributed by atoms with Crippen molar-refractivity contribution in [1.29, 1.82) is 0 Å². The molecule has 0 bridgehead atoms. The van der Waals surface area contributed by atoms with E-state index in [2.05, 4.69) is 20.8 Å². The SMILES string of the molecule is Cc1nc(C2(NC(=O)CCNC(=O)c3ccsc3)CCCC2)no1. The molecule has 0 aromatic carbocycles. The van der Waals surface area contributed by atoms with Gasteiger partial charge < -0.3 is 15.2 Å². The molecule has 2 heterocycles. The number of carbonyl (C=O) groups excluding carboxylic acids is 2. The fourth-order valence-corrected chi connectivity index (χ4v) is 3.63. The highest BCUT2D eigenvalue weighted by Crippen LogP contribution is 2.37. The van der Waals surface area contributed by atoms with E-state index in [0.717, 1.165) is 25.7 Å². The van der Waals surface area contributed by atoms with Gasteiger partial charge in [-0.05, 0) is 24.3 Å². The molecule has 1 aliphatic rings. The van der Waals surface area contributed by atoms with Gasteiger partial charge in [-0.3, -0.25) is 9.59 Å². The summed E-state index contributed by atoms with van der Waals surface area (Å²) in [5.41, 5.74) is 0.0848. The van der Waals surface area contributed by atoms with Crippen molar-refractivity contribution in [2.75, 3.05) is 6.54 Å². The summed E-state index contributed by atoms with van der Waals surface area (Å²) < 4.78 is 5.07. The molecule has 24 heavy (non-hydrogen) atoms. The highest BCUT2D eigenvalue weighted by Gasteiger charge is 2.41. The van der Waals surface area contributed by atoms with E-state index in [1.807, 2.05) is 5.38 Å². The highest BCUT2D eigenvalue weighted by atomic mass is 32.1. The number of nitrogens with one attached hydrogen (secondary N) is 2. The lowest BCUT2D eigenvalue weighted by molar-refractivity contribution is -0.123. The molecule has 8 heteroatoms. The monoisotopic (exact) mass is 348 g/mol. The van der Waals surface area contributed by atoms with Crippen LogP contribution >= 0.6 is 11.3 Å². The van der Waals surface area contributed by atoms with Gasteiger partial charge >= 0.3 is 0 Å². The van der Waals surface area contributed by atoms with Gasteiger partial charge in [0.05, 0.1) is 0 Å². The third kappa shape index (κ3) is 3.64. The minimum absolute atomic E-state index is 0.120. The Hall–Kier alpha value is -2.22. The standard InChI is InChI=1S/C16H20N4O3S/c1-11-18-15(20-23-11)16(6-2-3-7-16)19-13(21)4-8-17-14(22)12-5-9-24-10-12/h5,9-10H,2-4,6-8H2,1H3,(H,17,22)(H,19,21). The Balaban J connectivity index is 1.54. The van der Waals surface area contributed by atoms with Crippen molar-refractivity contribution in [1.82, 2.24) is 20.8 Å². The van der Waals surface area contributed by atoms with Gasteiger partial charge in [-0.25, -0.2) is 0 Å². The Morgan fingerprint density at radius 3 is 2.79 bits per heavy atom. The predicted octanol–water partition coefficient (Wildman–Crippen LogP) is 2.15. The minimum Gasteiger partial charge on any atom is -0.351 e. The summed E-state index contributed by atoms with van der Waals surface area (Å²) in [4.78, 5) is 28.5. The van der Waals surface area contributed by atoms with E-state index >= 15 is 0 Å². The molecular weight excluding hydrogens is 328 g/mol. The fraction of sp³-hybridized carbons (Fsp3) is 0.500. The molecule has 128 valence electrons. The number of hydrogen-bond acceptors (Lipinski definition) is 6. The fourth-order valence-electron chi connectivity index (χ4n) is 2.99. The number of thiophene rings is 1. The van der Waals surface area contributed by atoms with Crippen LogP contribution in [-0.2, 0) is 10.3 Å². The molecule has 1 fully saturated rings. The van der Waals surface area contributed by atoms with E-state index in [9.17, 15) is 9.59 Å². The largest absolute Gasteiger partial charge is 0.351 e. The van der Waals surface area contributed by atoms with Crippen molar-refractivity contribution < 1.29 is 14.1 Å². The number of amides is 2. The number of carbonyl (C=O) groups is 2. The second kappa shape index (κ2) is 7.12. The molecular formula is C16H20N4O3S. The van der Waals surface area contributed by atoms with Crippen LogP contribution in [0.15, 0.2) is 21.3 Å². The molecule has 2 amide bonds. The predicted molar refractivity (Wildman–Crippen MR) is 88.6 cm³/mol. The van der Waals surface area contributed by atoms with Crippen LogP contribution in [0.25, 0.3) is 0 Å². The third-order valence-corrected chi connectivity index (χ3v) is 4.90. The topological polar surface area (TPSA) is 97.1 Å². The van der Waals surface area contributed by atoms with Crippen LogP contribution in [0.3, 0.4) is 0 Å². The first-order valence-corrected chi connectivity index (χ1v) is 8.95. The molecule has 3 rings (SSSR count). The molecule has 0 saturated heterocycles. The molecule has 0 radical (unpaired) electrons. The maximum atomic E-state index is 12.3. The first-order chi connectivity index (χ1) is 11.6. The molecule has 0 atom stereocenters. The van der Waals surface area contributed by atoms with Crippen molar-refractivity contribution in [2.45, 2.75) is 44.6 Å². The van der Waals surface area contributed by atoms with Gasteiger partial charge in [0.25, 0.3) is 5.91 Å². The molecule has 1 aliphatic carbocycles. The van der Waals surface area contributed by atoms with E-state index in [1.54, 1.807) is 18.4 Å². The first kappa shape index (κ1) is 16.6. The van der Waals surface area contributed by atoms with Crippen LogP contribution in [-0.4, -0.2) is 28.5 Å². The summed E-state index contributed by atoms with van der Waals surface area (Å²) in [5, 5.41) is 13.4. The Kier molecular flexibility index (Phi) is 4.94. The van der Waals surface area contributed by atoms with E-state index in [0.29, 0.717) is 23.8 Å². The zero-order valence-electron chi connectivity index (χ0n) is 13.5. The summed E-state index contributed by atoms with van der Waals surface area (Å²) in [6.45, 7) is 2.03. The van der Waals surface area contributed by atoms with Gasteiger partial charge in [-0.2, -0.15) is 16.3 Å². The summed E-state index contributed by atoms with van der Waals surface area (Å²) >= 11 is 1.47. The van der Waals surface area contributed by atoms with E-state index in [1.165, 1.54) is 11.3 Å². The molecule has 2 aromatic rings. The number of rotatable bonds is 6. The smallest absolute Gasteiger partial charge is 0.252 e. The molecule has 0 unspecified atom stereocenters. The Labute approximate surface area is 143 Å². The van der Waals surface area contributed by atoms with Gasteiger partial charge in [0, 0.05) is 30.8 Å². The Bertz CT molecular complexity index is 705. The second-order valence-electron chi connectivity index (χ2n) is 5.99. The molecule has 2 aromatic heterocycles. The average molecular weight is 348 g/mol. The summed E-state index contributed by atoms with van der Waals surface area (Å²) in [6.07, 6.45) is 3.86. The average Bonchev–Trinajstić information content (AvgIpc) is 3.28. The van der Waals surface area contributed by atoms with Crippen molar-refractivity contribution in [3.8, 4) is 0 Å². The van der Waals surface area contributed by atoms with Gasteiger partial charge in [0.2, 0.25) is 11.8 Å². The second-order valence-corrected chi connectivity index (χ2v) is 6.77. The van der Waals surface area contributed by atoms with E-state index in [4.69, 9.17) is 4.52 Å². The van der Waals surface area contributed by atoms with Gasteiger partial charge in [-0.15, -0.1) is 0 Å². The van der Waals surface area contributed by atoms with Crippen molar-refractivity contribution in [2.24, 2.45) is 0 Å². The number of hydrogen-bond donors (Lipinski definition) is 2.